The lowest BCUT2D eigenvalue weighted by Gasteiger charge is -2.30. The maximum Gasteiger partial charge on any atom is 0.0657 e. The SMILES string of the molecule is CC(CO)(NCc1ccccc1)c1ccc(Br)cc1Cl. The maximum absolute atomic E-state index is 9.78. The first-order valence-corrected chi connectivity index (χ1v) is 7.57. The molecule has 1 atom stereocenters. The molecule has 4 heteroatoms. The molecule has 0 saturated carbocycles. The Morgan fingerprint density at radius 3 is 2.50 bits per heavy atom. The third-order valence-electron chi connectivity index (χ3n) is 3.37. The van der Waals surface area contributed by atoms with E-state index in [9.17, 15) is 5.11 Å². The molecule has 2 N–H and O–H groups in total. The van der Waals surface area contributed by atoms with Crippen molar-refractivity contribution in [3.63, 3.8) is 0 Å². The van der Waals surface area contributed by atoms with Crippen molar-refractivity contribution in [3.8, 4) is 0 Å². The molecule has 2 aromatic rings. The summed E-state index contributed by atoms with van der Waals surface area (Å²) in [6, 6.07) is 15.8. The molecule has 0 saturated heterocycles. The van der Waals surface area contributed by atoms with Crippen LogP contribution in [0.15, 0.2) is 53.0 Å². The van der Waals surface area contributed by atoms with Crippen LogP contribution in [0.5, 0.6) is 0 Å². The molecule has 0 radical (unpaired) electrons. The predicted octanol–water partition coefficient (Wildman–Crippen LogP) is 4.10. The molecule has 2 rings (SSSR count). The molecule has 1 unspecified atom stereocenters. The van der Waals surface area contributed by atoms with Crippen molar-refractivity contribution in [2.45, 2.75) is 19.0 Å². The molecule has 0 aliphatic rings. The fourth-order valence-electron chi connectivity index (χ4n) is 2.07. The molecule has 0 heterocycles. The Bertz CT molecular complexity index is 576. The van der Waals surface area contributed by atoms with Gasteiger partial charge >= 0.3 is 0 Å². The minimum Gasteiger partial charge on any atom is -0.394 e. The van der Waals surface area contributed by atoms with Gasteiger partial charge in [0, 0.05) is 16.0 Å². The first kappa shape index (κ1) is 15.5. The fraction of sp³-hybridized carbons (Fsp3) is 0.250. The third-order valence-corrected chi connectivity index (χ3v) is 4.17. The molecular formula is C16H17BrClNO. The van der Waals surface area contributed by atoms with Gasteiger partial charge in [0.05, 0.1) is 12.1 Å². The highest BCUT2D eigenvalue weighted by atomic mass is 79.9. The van der Waals surface area contributed by atoms with Crippen molar-refractivity contribution < 1.29 is 5.11 Å². The van der Waals surface area contributed by atoms with E-state index >= 15 is 0 Å². The summed E-state index contributed by atoms with van der Waals surface area (Å²) in [7, 11) is 0. The van der Waals surface area contributed by atoms with Crippen LogP contribution in [0.4, 0.5) is 0 Å². The largest absolute Gasteiger partial charge is 0.394 e. The fourth-order valence-corrected chi connectivity index (χ4v) is 2.95. The lowest BCUT2D eigenvalue weighted by atomic mass is 9.92. The van der Waals surface area contributed by atoms with Crippen molar-refractivity contribution in [3.05, 3.63) is 69.2 Å². The highest BCUT2D eigenvalue weighted by Crippen LogP contribution is 2.30. The Morgan fingerprint density at radius 1 is 1.20 bits per heavy atom. The first-order chi connectivity index (χ1) is 9.55. The molecule has 2 nitrogen and oxygen atoms in total. The minimum atomic E-state index is -0.576. The average molecular weight is 355 g/mol. The third kappa shape index (κ3) is 3.61. The highest BCUT2D eigenvalue weighted by Gasteiger charge is 2.27. The number of hydrogen-bond acceptors (Lipinski definition) is 2. The van der Waals surface area contributed by atoms with Crippen LogP contribution in [0.1, 0.15) is 18.1 Å². The maximum atomic E-state index is 9.78. The minimum absolute atomic E-state index is 0.0266. The average Bonchev–Trinajstić information content (AvgIpc) is 2.46. The molecular weight excluding hydrogens is 338 g/mol. The Balaban J connectivity index is 2.20. The zero-order chi connectivity index (χ0) is 14.6. The van der Waals surface area contributed by atoms with Crippen molar-refractivity contribution in [2.24, 2.45) is 0 Å². The molecule has 0 aromatic heterocycles. The number of aliphatic hydroxyl groups excluding tert-OH is 1. The van der Waals surface area contributed by atoms with Gasteiger partial charge in [0.1, 0.15) is 0 Å². The van der Waals surface area contributed by atoms with E-state index in [1.54, 1.807) is 0 Å². The van der Waals surface area contributed by atoms with Crippen molar-refractivity contribution in [1.29, 1.82) is 0 Å². The van der Waals surface area contributed by atoms with Gasteiger partial charge in [-0.05, 0) is 30.2 Å². The van der Waals surface area contributed by atoms with Gasteiger partial charge in [0.25, 0.3) is 0 Å². The standard InChI is InChI=1S/C16H17BrClNO/c1-16(11-20,14-8-7-13(17)9-15(14)18)19-10-12-5-3-2-4-6-12/h2-9,19-20H,10-11H2,1H3. The summed E-state index contributed by atoms with van der Waals surface area (Å²) in [5.41, 5.74) is 1.48. The number of aliphatic hydroxyl groups is 1. The van der Waals surface area contributed by atoms with Crippen LogP contribution in [-0.2, 0) is 12.1 Å². The van der Waals surface area contributed by atoms with Crippen LogP contribution in [-0.4, -0.2) is 11.7 Å². The van der Waals surface area contributed by atoms with E-state index in [1.165, 1.54) is 5.56 Å². The predicted molar refractivity (Wildman–Crippen MR) is 86.9 cm³/mol. The second kappa shape index (κ2) is 6.72. The second-order valence-electron chi connectivity index (χ2n) is 4.95. The second-order valence-corrected chi connectivity index (χ2v) is 6.28. The molecule has 106 valence electrons. The van der Waals surface area contributed by atoms with Gasteiger partial charge in [-0.2, -0.15) is 0 Å². The van der Waals surface area contributed by atoms with E-state index in [2.05, 4.69) is 21.2 Å². The van der Waals surface area contributed by atoms with Gasteiger partial charge < -0.3 is 10.4 Å². The van der Waals surface area contributed by atoms with Crippen LogP contribution >= 0.6 is 27.5 Å². The summed E-state index contributed by atoms with van der Waals surface area (Å²) >= 11 is 9.69. The number of nitrogens with one attached hydrogen (secondary N) is 1. The Labute approximate surface area is 132 Å². The van der Waals surface area contributed by atoms with E-state index in [4.69, 9.17) is 11.6 Å². The zero-order valence-electron chi connectivity index (χ0n) is 11.2. The van der Waals surface area contributed by atoms with E-state index < -0.39 is 5.54 Å². The number of halogens is 2. The number of benzene rings is 2. The van der Waals surface area contributed by atoms with Gasteiger partial charge in [-0.1, -0.05) is 63.9 Å². The lowest BCUT2D eigenvalue weighted by Crippen LogP contribution is -2.42. The smallest absolute Gasteiger partial charge is 0.0657 e. The van der Waals surface area contributed by atoms with Crippen LogP contribution in [0.25, 0.3) is 0 Å². The van der Waals surface area contributed by atoms with E-state index in [1.807, 2.05) is 55.5 Å². The van der Waals surface area contributed by atoms with Crippen molar-refractivity contribution in [1.82, 2.24) is 5.32 Å². The summed E-state index contributed by atoms with van der Waals surface area (Å²) in [6.45, 7) is 2.59. The number of hydrogen-bond donors (Lipinski definition) is 2. The molecule has 20 heavy (non-hydrogen) atoms. The molecule has 2 aromatic carbocycles. The van der Waals surface area contributed by atoms with Crippen LogP contribution in [0.2, 0.25) is 5.02 Å². The lowest BCUT2D eigenvalue weighted by molar-refractivity contribution is 0.173. The van der Waals surface area contributed by atoms with Gasteiger partial charge in [0.2, 0.25) is 0 Å². The van der Waals surface area contributed by atoms with Crippen molar-refractivity contribution in [2.75, 3.05) is 6.61 Å². The quantitative estimate of drug-likeness (QED) is 0.847. The van der Waals surface area contributed by atoms with E-state index in [0.717, 1.165) is 10.0 Å². The van der Waals surface area contributed by atoms with Crippen LogP contribution < -0.4 is 5.32 Å². The Morgan fingerprint density at radius 2 is 1.90 bits per heavy atom. The first-order valence-electron chi connectivity index (χ1n) is 6.40. The Hall–Kier alpha value is -0.870. The van der Waals surface area contributed by atoms with Crippen LogP contribution in [0, 0.1) is 0 Å². The Kier molecular flexibility index (Phi) is 5.22. The molecule has 0 fully saturated rings. The summed E-state index contributed by atoms with van der Waals surface area (Å²) in [5, 5.41) is 13.8. The molecule has 0 amide bonds. The van der Waals surface area contributed by atoms with Crippen LogP contribution in [0.3, 0.4) is 0 Å². The molecule has 0 aliphatic carbocycles. The summed E-state index contributed by atoms with van der Waals surface area (Å²) < 4.78 is 0.926. The summed E-state index contributed by atoms with van der Waals surface area (Å²) in [5.74, 6) is 0. The van der Waals surface area contributed by atoms with Gasteiger partial charge in [-0.25, -0.2) is 0 Å². The molecule has 0 spiro atoms. The van der Waals surface area contributed by atoms with E-state index in [-0.39, 0.29) is 6.61 Å². The normalized spacial score (nSPS) is 14.0. The molecule has 0 bridgehead atoms. The number of rotatable bonds is 5. The zero-order valence-corrected chi connectivity index (χ0v) is 13.6. The van der Waals surface area contributed by atoms with Gasteiger partial charge in [0.15, 0.2) is 0 Å². The highest BCUT2D eigenvalue weighted by molar-refractivity contribution is 9.10. The monoisotopic (exact) mass is 353 g/mol. The summed E-state index contributed by atoms with van der Waals surface area (Å²) in [6.07, 6.45) is 0. The van der Waals surface area contributed by atoms with Crippen molar-refractivity contribution >= 4 is 27.5 Å². The molecule has 0 aliphatic heterocycles. The van der Waals surface area contributed by atoms with E-state index in [0.29, 0.717) is 11.6 Å². The summed E-state index contributed by atoms with van der Waals surface area (Å²) in [4.78, 5) is 0. The van der Waals surface area contributed by atoms with Gasteiger partial charge in [-0.3, -0.25) is 0 Å². The van der Waals surface area contributed by atoms with Gasteiger partial charge in [-0.15, -0.1) is 0 Å². The topological polar surface area (TPSA) is 32.3 Å².